The van der Waals surface area contributed by atoms with Crippen LogP contribution in [-0.4, -0.2) is 74.7 Å². The fraction of sp³-hybridized carbons (Fsp3) is 0.333. The number of phenolic OH excluding ortho intramolecular Hbond substituents is 1. The SMILES string of the molecule is O=C(O[C@H]1[C@@H](O)[C@@H](O)[C@@H]2NC(=O)c3c(cc4c(c3O)OCO4)[C@@]2(O)[C@@H]1O)c1ccccc1. The molecule has 11 heteroatoms. The van der Waals surface area contributed by atoms with Crippen molar-refractivity contribution in [1.82, 2.24) is 5.32 Å². The molecule has 2 aliphatic heterocycles. The molecule has 2 aromatic rings. The second kappa shape index (κ2) is 7.07. The number of carbonyl (C=O) groups is 2. The molecule has 32 heavy (non-hydrogen) atoms. The van der Waals surface area contributed by atoms with Crippen LogP contribution in [0.5, 0.6) is 17.2 Å². The van der Waals surface area contributed by atoms with Gasteiger partial charge in [0.05, 0.1) is 17.2 Å². The Morgan fingerprint density at radius 2 is 1.84 bits per heavy atom. The molecule has 0 radical (unpaired) electrons. The van der Waals surface area contributed by atoms with Gasteiger partial charge in [-0.1, -0.05) is 18.2 Å². The van der Waals surface area contributed by atoms with E-state index in [-0.39, 0.29) is 29.4 Å². The van der Waals surface area contributed by atoms with Crippen LogP contribution in [0.1, 0.15) is 26.3 Å². The van der Waals surface area contributed by atoms with E-state index in [2.05, 4.69) is 5.32 Å². The van der Waals surface area contributed by atoms with Gasteiger partial charge >= 0.3 is 5.97 Å². The maximum Gasteiger partial charge on any atom is 0.338 e. The standard InChI is InChI=1S/C21H19NO10/c23-12-11-9(6-10-15(12)31-7-30-10)21(29)17(22-19(11)27)14(25)13(24)16(18(21)26)32-20(28)8-4-2-1-3-5-8/h1-6,13-14,16-18,23-26,29H,7H2,(H,22,27)/t13-,14+,16-,17-,18+,21-/m0/s1. The van der Waals surface area contributed by atoms with Crippen LogP contribution in [0.4, 0.5) is 0 Å². The Morgan fingerprint density at radius 1 is 1.12 bits per heavy atom. The van der Waals surface area contributed by atoms with E-state index in [1.54, 1.807) is 18.2 Å². The summed E-state index contributed by atoms with van der Waals surface area (Å²) >= 11 is 0. The molecule has 0 unspecified atom stereocenters. The van der Waals surface area contributed by atoms with Gasteiger partial charge in [0.25, 0.3) is 5.91 Å². The van der Waals surface area contributed by atoms with Crippen molar-refractivity contribution in [2.45, 2.75) is 36.1 Å². The van der Waals surface area contributed by atoms with Crippen molar-refractivity contribution in [3.8, 4) is 17.2 Å². The number of aliphatic hydroxyl groups excluding tert-OH is 3. The summed E-state index contributed by atoms with van der Waals surface area (Å²) in [5.41, 5.74) is -3.01. The Hall–Kier alpha value is -3.38. The predicted molar refractivity (Wildman–Crippen MR) is 103 cm³/mol. The number of aromatic hydroxyl groups is 1. The first kappa shape index (κ1) is 20.5. The van der Waals surface area contributed by atoms with Gasteiger partial charge in [-0.25, -0.2) is 4.79 Å². The van der Waals surface area contributed by atoms with Crippen molar-refractivity contribution < 1.29 is 49.3 Å². The molecular formula is C21H19NO10. The highest BCUT2D eigenvalue weighted by Gasteiger charge is 2.64. The molecule has 1 aliphatic carbocycles. The second-order valence-electron chi connectivity index (χ2n) is 7.82. The van der Waals surface area contributed by atoms with Crippen LogP contribution in [-0.2, 0) is 10.3 Å². The highest BCUT2D eigenvalue weighted by Crippen LogP contribution is 2.51. The summed E-state index contributed by atoms with van der Waals surface area (Å²) in [7, 11) is 0. The molecule has 2 aromatic carbocycles. The van der Waals surface area contributed by atoms with Crippen LogP contribution in [0.25, 0.3) is 0 Å². The van der Waals surface area contributed by atoms with Crippen LogP contribution >= 0.6 is 0 Å². The first-order valence-electron chi connectivity index (χ1n) is 9.74. The Bertz CT molecular complexity index is 1110. The number of amides is 1. The lowest BCUT2D eigenvalue weighted by molar-refractivity contribution is -0.238. The van der Waals surface area contributed by atoms with Crippen LogP contribution in [0.2, 0.25) is 0 Å². The van der Waals surface area contributed by atoms with Crippen molar-refractivity contribution in [3.63, 3.8) is 0 Å². The molecule has 2 heterocycles. The summed E-state index contributed by atoms with van der Waals surface area (Å²) in [5, 5.41) is 56.7. The van der Waals surface area contributed by atoms with Gasteiger partial charge in [-0.3, -0.25) is 4.79 Å². The molecular weight excluding hydrogens is 426 g/mol. The zero-order valence-electron chi connectivity index (χ0n) is 16.3. The molecule has 0 spiro atoms. The summed E-state index contributed by atoms with van der Waals surface area (Å²) in [6.07, 6.45) is -7.44. The number of benzene rings is 2. The molecule has 168 valence electrons. The van der Waals surface area contributed by atoms with E-state index in [0.29, 0.717) is 0 Å². The third-order valence-corrected chi connectivity index (χ3v) is 6.10. The summed E-state index contributed by atoms with van der Waals surface area (Å²) in [6.45, 7) is -0.240. The van der Waals surface area contributed by atoms with Gasteiger partial charge < -0.3 is 45.1 Å². The smallest absolute Gasteiger partial charge is 0.338 e. The largest absolute Gasteiger partial charge is 0.504 e. The number of ether oxygens (including phenoxy) is 3. The van der Waals surface area contributed by atoms with Crippen LogP contribution in [0.3, 0.4) is 0 Å². The first-order valence-corrected chi connectivity index (χ1v) is 9.74. The van der Waals surface area contributed by atoms with Gasteiger partial charge in [0, 0.05) is 5.56 Å². The molecule has 0 bridgehead atoms. The number of hydrogen-bond donors (Lipinski definition) is 6. The fourth-order valence-corrected chi connectivity index (χ4v) is 4.48. The van der Waals surface area contributed by atoms with Gasteiger partial charge in [0.2, 0.25) is 12.5 Å². The number of aliphatic hydroxyl groups is 4. The summed E-state index contributed by atoms with van der Waals surface area (Å²) in [4.78, 5) is 25.2. The minimum Gasteiger partial charge on any atom is -0.504 e. The summed E-state index contributed by atoms with van der Waals surface area (Å²) < 4.78 is 15.6. The molecule has 3 aliphatic rings. The van der Waals surface area contributed by atoms with Crippen molar-refractivity contribution in [3.05, 3.63) is 53.1 Å². The number of nitrogens with one attached hydrogen (secondary N) is 1. The van der Waals surface area contributed by atoms with Crippen molar-refractivity contribution in [2.24, 2.45) is 0 Å². The minimum absolute atomic E-state index is 0.00812. The predicted octanol–water partition coefficient (Wildman–Crippen LogP) is -1.26. The summed E-state index contributed by atoms with van der Waals surface area (Å²) in [6, 6.07) is 7.36. The zero-order valence-corrected chi connectivity index (χ0v) is 16.3. The second-order valence-corrected chi connectivity index (χ2v) is 7.82. The van der Waals surface area contributed by atoms with Crippen LogP contribution < -0.4 is 14.8 Å². The zero-order chi connectivity index (χ0) is 22.8. The molecule has 0 aromatic heterocycles. The molecule has 0 saturated heterocycles. The van der Waals surface area contributed by atoms with E-state index >= 15 is 0 Å². The van der Waals surface area contributed by atoms with Crippen molar-refractivity contribution in [1.29, 1.82) is 0 Å². The third-order valence-electron chi connectivity index (χ3n) is 6.10. The molecule has 1 saturated carbocycles. The molecule has 1 amide bonds. The summed E-state index contributed by atoms with van der Waals surface area (Å²) in [5.74, 6) is -2.50. The highest BCUT2D eigenvalue weighted by atomic mass is 16.7. The Kier molecular flexibility index (Phi) is 4.53. The average Bonchev–Trinajstić information content (AvgIpc) is 3.27. The number of carbonyl (C=O) groups excluding carboxylic acids is 2. The minimum atomic E-state index is -2.46. The molecule has 11 nitrogen and oxygen atoms in total. The van der Waals surface area contributed by atoms with E-state index in [9.17, 15) is 35.1 Å². The number of phenols is 1. The fourth-order valence-electron chi connectivity index (χ4n) is 4.48. The number of esters is 1. The monoisotopic (exact) mass is 445 g/mol. The van der Waals surface area contributed by atoms with Gasteiger partial charge in [-0.05, 0) is 18.2 Å². The quantitative estimate of drug-likeness (QED) is 0.306. The molecule has 6 N–H and O–H groups in total. The lowest BCUT2D eigenvalue weighted by Gasteiger charge is -2.53. The van der Waals surface area contributed by atoms with E-state index in [0.717, 1.165) is 0 Å². The van der Waals surface area contributed by atoms with Crippen molar-refractivity contribution >= 4 is 11.9 Å². The number of hydrogen-bond acceptors (Lipinski definition) is 10. The van der Waals surface area contributed by atoms with Gasteiger partial charge in [0.15, 0.2) is 17.6 Å². The van der Waals surface area contributed by atoms with E-state index < -0.39 is 59.2 Å². The van der Waals surface area contributed by atoms with Gasteiger partial charge in [-0.2, -0.15) is 0 Å². The normalized spacial score (nSPS) is 32.5. The Balaban J connectivity index is 1.59. The number of fused-ring (bicyclic) bond motifs is 4. The van der Waals surface area contributed by atoms with Crippen LogP contribution in [0, 0.1) is 0 Å². The Labute approximate surface area is 180 Å². The van der Waals surface area contributed by atoms with Gasteiger partial charge in [-0.15, -0.1) is 0 Å². The molecule has 6 atom stereocenters. The highest BCUT2D eigenvalue weighted by molar-refractivity contribution is 6.02. The number of rotatable bonds is 2. The Morgan fingerprint density at radius 3 is 2.56 bits per heavy atom. The van der Waals surface area contributed by atoms with Gasteiger partial charge in [0.1, 0.15) is 23.9 Å². The first-order chi connectivity index (χ1) is 15.2. The van der Waals surface area contributed by atoms with Crippen LogP contribution in [0.15, 0.2) is 36.4 Å². The lowest BCUT2D eigenvalue weighted by Crippen LogP contribution is -2.75. The maximum atomic E-state index is 12.7. The topological polar surface area (TPSA) is 175 Å². The maximum absolute atomic E-state index is 12.7. The van der Waals surface area contributed by atoms with E-state index in [4.69, 9.17) is 14.2 Å². The van der Waals surface area contributed by atoms with E-state index in [1.807, 2.05) is 0 Å². The molecule has 1 fully saturated rings. The van der Waals surface area contributed by atoms with Crippen molar-refractivity contribution in [2.75, 3.05) is 6.79 Å². The lowest BCUT2D eigenvalue weighted by atomic mass is 9.66. The third kappa shape index (κ3) is 2.69. The van der Waals surface area contributed by atoms with E-state index in [1.165, 1.54) is 18.2 Å². The molecule has 5 rings (SSSR count). The average molecular weight is 445 g/mol.